The number of nitrogens with zero attached hydrogens (tertiary/aromatic N) is 1. The summed E-state index contributed by atoms with van der Waals surface area (Å²) in [5.74, 6) is -0.657. The highest BCUT2D eigenvalue weighted by Gasteiger charge is 2.32. The zero-order valence-electron chi connectivity index (χ0n) is 10.5. The molecule has 1 aliphatic heterocycles. The van der Waals surface area contributed by atoms with Crippen molar-refractivity contribution >= 4 is 16.0 Å². The van der Waals surface area contributed by atoms with Gasteiger partial charge in [0.1, 0.15) is 0 Å². The summed E-state index contributed by atoms with van der Waals surface area (Å²) in [6, 6.07) is 0. The number of carboxylic acid groups (broad SMARTS) is 1. The van der Waals surface area contributed by atoms with E-state index in [0.717, 1.165) is 19.3 Å². The van der Waals surface area contributed by atoms with E-state index in [-0.39, 0.29) is 12.3 Å². The lowest BCUT2D eigenvalue weighted by Gasteiger charge is -2.31. The summed E-state index contributed by atoms with van der Waals surface area (Å²) in [7, 11) is -3.25. The Kier molecular flexibility index (Phi) is 4.27. The number of sulfonamides is 1. The molecule has 104 valence electrons. The van der Waals surface area contributed by atoms with Crippen LogP contribution in [0.25, 0.3) is 0 Å². The molecule has 1 aliphatic carbocycles. The number of carboxylic acids is 1. The molecule has 1 atom stereocenters. The van der Waals surface area contributed by atoms with Crippen LogP contribution in [0.1, 0.15) is 38.5 Å². The van der Waals surface area contributed by atoms with E-state index in [0.29, 0.717) is 25.3 Å². The summed E-state index contributed by atoms with van der Waals surface area (Å²) in [5, 5.41) is 8.97. The van der Waals surface area contributed by atoms with Crippen LogP contribution in [0.4, 0.5) is 0 Å². The Balaban J connectivity index is 1.89. The van der Waals surface area contributed by atoms with Gasteiger partial charge in [0.15, 0.2) is 0 Å². The van der Waals surface area contributed by atoms with Crippen LogP contribution >= 0.6 is 0 Å². The van der Waals surface area contributed by atoms with Gasteiger partial charge in [-0.05, 0) is 25.2 Å². The number of aliphatic carboxylic acids is 1. The van der Waals surface area contributed by atoms with Crippen LogP contribution in [0.2, 0.25) is 0 Å². The van der Waals surface area contributed by atoms with Gasteiger partial charge < -0.3 is 5.11 Å². The molecule has 0 spiro atoms. The molecule has 0 radical (unpaired) electrons. The van der Waals surface area contributed by atoms with Crippen LogP contribution in [-0.4, -0.2) is 42.6 Å². The molecule has 6 heteroatoms. The predicted octanol–water partition coefficient (Wildman–Crippen LogP) is 1.30. The van der Waals surface area contributed by atoms with Gasteiger partial charge in [-0.3, -0.25) is 4.79 Å². The molecular formula is C12H21NO4S. The van der Waals surface area contributed by atoms with Crippen molar-refractivity contribution in [2.75, 3.05) is 18.8 Å². The molecule has 1 N–H and O–H groups in total. The normalized spacial score (nSPS) is 26.8. The summed E-state index contributed by atoms with van der Waals surface area (Å²) < 4.78 is 25.6. The summed E-state index contributed by atoms with van der Waals surface area (Å²) in [4.78, 5) is 10.9. The van der Waals surface area contributed by atoms with Crippen LogP contribution < -0.4 is 0 Å². The van der Waals surface area contributed by atoms with Gasteiger partial charge in [0.2, 0.25) is 10.0 Å². The minimum Gasteiger partial charge on any atom is -0.481 e. The lowest BCUT2D eigenvalue weighted by atomic mass is 9.84. The number of carbonyl (C=O) groups is 1. The molecule has 0 amide bonds. The van der Waals surface area contributed by atoms with Crippen LogP contribution in [0, 0.1) is 11.8 Å². The SMILES string of the molecule is O=C(O)C1CCCN(S(=O)(=O)CCC2CCC2)C1. The molecule has 0 bridgehead atoms. The lowest BCUT2D eigenvalue weighted by Crippen LogP contribution is -2.43. The maximum absolute atomic E-state index is 12.1. The van der Waals surface area contributed by atoms with Crippen molar-refractivity contribution in [3.63, 3.8) is 0 Å². The van der Waals surface area contributed by atoms with Crippen molar-refractivity contribution in [2.24, 2.45) is 11.8 Å². The quantitative estimate of drug-likeness (QED) is 0.820. The van der Waals surface area contributed by atoms with Crippen LogP contribution in [0.15, 0.2) is 0 Å². The Labute approximate surface area is 108 Å². The summed E-state index contributed by atoms with van der Waals surface area (Å²) in [6.45, 7) is 0.638. The van der Waals surface area contributed by atoms with E-state index in [2.05, 4.69) is 0 Å². The Morgan fingerprint density at radius 1 is 1.22 bits per heavy atom. The fourth-order valence-electron chi connectivity index (χ4n) is 2.62. The van der Waals surface area contributed by atoms with E-state index in [9.17, 15) is 13.2 Å². The lowest BCUT2D eigenvalue weighted by molar-refractivity contribution is -0.142. The molecule has 2 aliphatic rings. The minimum atomic E-state index is -3.25. The van der Waals surface area contributed by atoms with Gasteiger partial charge in [0.05, 0.1) is 11.7 Å². The highest BCUT2D eigenvalue weighted by Crippen LogP contribution is 2.30. The average Bonchev–Trinajstić information content (AvgIpc) is 2.27. The van der Waals surface area contributed by atoms with Crippen molar-refractivity contribution in [1.82, 2.24) is 4.31 Å². The molecule has 5 nitrogen and oxygen atoms in total. The Morgan fingerprint density at radius 3 is 2.50 bits per heavy atom. The summed E-state index contributed by atoms with van der Waals surface area (Å²) in [5.41, 5.74) is 0. The molecule has 2 fully saturated rings. The first-order valence-electron chi connectivity index (χ1n) is 6.69. The van der Waals surface area contributed by atoms with Crippen molar-refractivity contribution in [3.05, 3.63) is 0 Å². The Hall–Kier alpha value is -0.620. The second-order valence-electron chi connectivity index (χ2n) is 5.44. The second-order valence-corrected chi connectivity index (χ2v) is 7.53. The van der Waals surface area contributed by atoms with Crippen molar-refractivity contribution in [1.29, 1.82) is 0 Å². The molecular weight excluding hydrogens is 254 g/mol. The number of hydrogen-bond acceptors (Lipinski definition) is 3. The van der Waals surface area contributed by atoms with Crippen LogP contribution in [0.5, 0.6) is 0 Å². The molecule has 18 heavy (non-hydrogen) atoms. The standard InChI is InChI=1S/C12H21NO4S/c14-12(15)11-5-2-7-13(9-11)18(16,17)8-6-10-3-1-4-10/h10-11H,1-9H2,(H,14,15). The zero-order chi connectivity index (χ0) is 13.2. The number of hydrogen-bond donors (Lipinski definition) is 1. The van der Waals surface area contributed by atoms with Gasteiger partial charge in [0, 0.05) is 13.1 Å². The average molecular weight is 275 g/mol. The smallest absolute Gasteiger partial charge is 0.307 e. The largest absolute Gasteiger partial charge is 0.481 e. The number of piperidine rings is 1. The monoisotopic (exact) mass is 275 g/mol. The fourth-order valence-corrected chi connectivity index (χ4v) is 4.33. The van der Waals surface area contributed by atoms with Crippen LogP contribution in [0.3, 0.4) is 0 Å². The van der Waals surface area contributed by atoms with Crippen molar-refractivity contribution in [3.8, 4) is 0 Å². The van der Waals surface area contributed by atoms with Crippen LogP contribution in [-0.2, 0) is 14.8 Å². The first-order chi connectivity index (χ1) is 8.49. The van der Waals surface area contributed by atoms with E-state index < -0.39 is 21.9 Å². The van der Waals surface area contributed by atoms with Gasteiger partial charge in [-0.2, -0.15) is 0 Å². The van der Waals surface area contributed by atoms with Gasteiger partial charge in [-0.15, -0.1) is 0 Å². The molecule has 1 unspecified atom stereocenters. The van der Waals surface area contributed by atoms with E-state index in [4.69, 9.17) is 5.11 Å². The van der Waals surface area contributed by atoms with Crippen molar-refractivity contribution < 1.29 is 18.3 Å². The van der Waals surface area contributed by atoms with Crippen molar-refractivity contribution in [2.45, 2.75) is 38.5 Å². The highest BCUT2D eigenvalue weighted by molar-refractivity contribution is 7.89. The van der Waals surface area contributed by atoms with Gasteiger partial charge in [-0.25, -0.2) is 12.7 Å². The molecule has 0 aromatic heterocycles. The molecule has 2 rings (SSSR count). The summed E-state index contributed by atoms with van der Waals surface area (Å²) in [6.07, 6.45) is 5.48. The van der Waals surface area contributed by atoms with E-state index in [1.807, 2.05) is 0 Å². The number of rotatable bonds is 5. The molecule has 0 aromatic carbocycles. The summed E-state index contributed by atoms with van der Waals surface area (Å²) >= 11 is 0. The zero-order valence-corrected chi connectivity index (χ0v) is 11.4. The van der Waals surface area contributed by atoms with Gasteiger partial charge in [-0.1, -0.05) is 19.3 Å². The first-order valence-corrected chi connectivity index (χ1v) is 8.30. The maximum atomic E-state index is 12.1. The molecule has 1 heterocycles. The van der Waals surface area contributed by atoms with E-state index in [1.54, 1.807) is 0 Å². The van der Waals surface area contributed by atoms with E-state index in [1.165, 1.54) is 10.7 Å². The second kappa shape index (κ2) is 5.57. The minimum absolute atomic E-state index is 0.155. The third kappa shape index (κ3) is 3.23. The first kappa shape index (κ1) is 13.8. The molecule has 1 saturated heterocycles. The third-order valence-corrected chi connectivity index (χ3v) is 6.01. The van der Waals surface area contributed by atoms with Gasteiger partial charge in [0.25, 0.3) is 0 Å². The fraction of sp³-hybridized carbons (Fsp3) is 0.917. The third-order valence-electron chi connectivity index (χ3n) is 4.14. The molecule has 0 aromatic rings. The van der Waals surface area contributed by atoms with E-state index >= 15 is 0 Å². The Morgan fingerprint density at radius 2 is 1.94 bits per heavy atom. The highest BCUT2D eigenvalue weighted by atomic mass is 32.2. The van der Waals surface area contributed by atoms with Gasteiger partial charge >= 0.3 is 5.97 Å². The Bertz CT molecular complexity index is 402. The topological polar surface area (TPSA) is 74.7 Å². The maximum Gasteiger partial charge on any atom is 0.307 e. The molecule has 1 saturated carbocycles. The predicted molar refractivity (Wildman–Crippen MR) is 67.7 cm³/mol.